The molecule has 2 aliphatic rings. The zero-order valence-electron chi connectivity index (χ0n) is 20.9. The van der Waals surface area contributed by atoms with Crippen LogP contribution in [-0.2, 0) is 9.84 Å². The van der Waals surface area contributed by atoms with Gasteiger partial charge < -0.3 is 15.3 Å². The summed E-state index contributed by atoms with van der Waals surface area (Å²) in [6, 6.07) is 5.95. The van der Waals surface area contributed by atoms with Gasteiger partial charge in [-0.25, -0.2) is 21.9 Å². The van der Waals surface area contributed by atoms with Crippen molar-refractivity contribution in [3.63, 3.8) is 0 Å². The van der Waals surface area contributed by atoms with E-state index in [1.807, 2.05) is 13.8 Å². The molecule has 0 atom stereocenters. The first-order valence-electron chi connectivity index (χ1n) is 12.6. The summed E-state index contributed by atoms with van der Waals surface area (Å²) >= 11 is 0. The Morgan fingerprint density at radius 1 is 1.11 bits per heavy atom. The van der Waals surface area contributed by atoms with E-state index >= 15 is 0 Å². The van der Waals surface area contributed by atoms with Crippen molar-refractivity contribution in [3.8, 4) is 5.69 Å². The fourth-order valence-electron chi connectivity index (χ4n) is 5.19. The van der Waals surface area contributed by atoms with Gasteiger partial charge in [-0.3, -0.25) is 0 Å². The highest BCUT2D eigenvalue weighted by Gasteiger charge is 2.32. The molecule has 2 N–H and O–H groups in total. The van der Waals surface area contributed by atoms with Crippen molar-refractivity contribution < 1.29 is 22.3 Å². The highest BCUT2D eigenvalue weighted by Crippen LogP contribution is 2.34. The maximum atomic E-state index is 13.4. The minimum absolute atomic E-state index is 0.0896. The molecule has 0 saturated carbocycles. The van der Waals surface area contributed by atoms with Crippen LogP contribution in [0.25, 0.3) is 16.7 Å². The van der Waals surface area contributed by atoms with Crippen LogP contribution in [0, 0.1) is 5.92 Å². The monoisotopic (exact) mass is 534 g/mol. The number of rotatable bonds is 6. The quantitative estimate of drug-likeness (QED) is 0.492. The summed E-state index contributed by atoms with van der Waals surface area (Å²) in [6.07, 6.45) is 1.56. The maximum absolute atomic E-state index is 13.4. The molecule has 1 aromatic carbocycles. The average Bonchev–Trinajstić information content (AvgIpc) is 3.28. The zero-order chi connectivity index (χ0) is 26.4. The van der Waals surface area contributed by atoms with E-state index in [4.69, 9.17) is 9.97 Å². The number of benzene rings is 1. The third-order valence-corrected chi connectivity index (χ3v) is 9.17. The largest absolute Gasteiger partial charge is 0.390 e. The van der Waals surface area contributed by atoms with E-state index in [1.165, 1.54) is 16.8 Å². The minimum Gasteiger partial charge on any atom is -0.390 e. The van der Waals surface area contributed by atoms with E-state index in [0.717, 1.165) is 12.8 Å². The van der Waals surface area contributed by atoms with Gasteiger partial charge in [-0.05, 0) is 57.6 Å². The third kappa shape index (κ3) is 5.54. The number of hydrogen-bond donors (Lipinski definition) is 2. The Labute approximate surface area is 214 Å². The van der Waals surface area contributed by atoms with Crippen molar-refractivity contribution in [1.29, 1.82) is 0 Å². The molecule has 37 heavy (non-hydrogen) atoms. The number of nitrogens with one attached hydrogen (secondary N) is 1. The van der Waals surface area contributed by atoms with E-state index in [9.17, 15) is 22.3 Å². The van der Waals surface area contributed by atoms with Crippen LogP contribution in [0.15, 0.2) is 30.5 Å². The van der Waals surface area contributed by atoms with E-state index in [2.05, 4.69) is 15.3 Å². The Balaban J connectivity index is 1.52. The number of aliphatic hydroxyl groups is 1. The van der Waals surface area contributed by atoms with E-state index in [0.29, 0.717) is 54.4 Å². The first kappa shape index (κ1) is 25.8. The summed E-state index contributed by atoms with van der Waals surface area (Å²) in [6.45, 7) is 5.04. The molecule has 2 aromatic heterocycles. The number of anilines is 2. The summed E-state index contributed by atoms with van der Waals surface area (Å²) in [5, 5.41) is 18.9. The SMILES string of the molecule is CC(C)(O)C1CCN(c2nc(NC3CCS(=O)(=O)CC3)nc3c2cnn3-c2cccc(C(F)F)c2)CC1. The Morgan fingerprint density at radius 2 is 1.81 bits per heavy atom. The second-order valence-electron chi connectivity index (χ2n) is 10.5. The molecule has 0 spiro atoms. The van der Waals surface area contributed by atoms with Crippen molar-refractivity contribution in [2.75, 3.05) is 34.8 Å². The molecule has 4 heterocycles. The molecule has 0 bridgehead atoms. The van der Waals surface area contributed by atoms with E-state index in [-0.39, 0.29) is 29.0 Å². The second kappa shape index (κ2) is 9.79. The van der Waals surface area contributed by atoms with Gasteiger partial charge in [0.2, 0.25) is 5.95 Å². The van der Waals surface area contributed by atoms with Crippen LogP contribution in [-0.4, -0.2) is 69.5 Å². The second-order valence-corrected chi connectivity index (χ2v) is 12.8. The van der Waals surface area contributed by atoms with Gasteiger partial charge in [0.25, 0.3) is 6.43 Å². The minimum atomic E-state index is -3.02. The van der Waals surface area contributed by atoms with Crippen LogP contribution < -0.4 is 10.2 Å². The summed E-state index contributed by atoms with van der Waals surface area (Å²) in [5.74, 6) is 1.43. The van der Waals surface area contributed by atoms with Crippen LogP contribution in [0.4, 0.5) is 20.5 Å². The molecule has 5 rings (SSSR count). The topological polar surface area (TPSA) is 113 Å². The van der Waals surface area contributed by atoms with Gasteiger partial charge in [0.1, 0.15) is 15.7 Å². The van der Waals surface area contributed by atoms with Crippen molar-refractivity contribution in [1.82, 2.24) is 19.7 Å². The van der Waals surface area contributed by atoms with Gasteiger partial charge in [0, 0.05) is 24.7 Å². The molecule has 2 aliphatic heterocycles. The fourth-order valence-corrected chi connectivity index (χ4v) is 6.69. The smallest absolute Gasteiger partial charge is 0.263 e. The number of aromatic nitrogens is 4. The standard InChI is InChI=1S/C25H32F2N6O3S/c1-25(2,34)17-6-10-32(11-7-17)22-20-15-28-33(19-5-3-4-16(14-19)21(26)27)23(20)31-24(30-22)29-18-8-12-37(35,36)13-9-18/h3-5,14-15,17-18,21,34H,6-13H2,1-2H3,(H,29,30,31). The third-order valence-electron chi connectivity index (χ3n) is 7.46. The average molecular weight is 535 g/mol. The zero-order valence-corrected chi connectivity index (χ0v) is 21.8. The van der Waals surface area contributed by atoms with Crippen LogP contribution in [0.1, 0.15) is 51.5 Å². The molecule has 9 nitrogen and oxygen atoms in total. The van der Waals surface area contributed by atoms with Gasteiger partial charge in [-0.15, -0.1) is 0 Å². The van der Waals surface area contributed by atoms with Gasteiger partial charge >= 0.3 is 0 Å². The number of nitrogens with zero attached hydrogens (tertiary/aromatic N) is 5. The Bertz CT molecular complexity index is 1370. The van der Waals surface area contributed by atoms with Crippen LogP contribution in [0.5, 0.6) is 0 Å². The van der Waals surface area contributed by atoms with Crippen molar-refractivity contribution in [3.05, 3.63) is 36.0 Å². The number of piperidine rings is 1. The number of halogens is 2. The molecular weight excluding hydrogens is 502 g/mol. The lowest BCUT2D eigenvalue weighted by molar-refractivity contribution is 0.00648. The van der Waals surface area contributed by atoms with Crippen LogP contribution in [0.2, 0.25) is 0 Å². The lowest BCUT2D eigenvalue weighted by Crippen LogP contribution is -2.42. The molecule has 12 heteroatoms. The summed E-state index contributed by atoms with van der Waals surface area (Å²) in [5.41, 5.74) is 0.0765. The number of hydrogen-bond acceptors (Lipinski definition) is 8. The van der Waals surface area contributed by atoms with E-state index in [1.54, 1.807) is 18.3 Å². The Hall–Kier alpha value is -2.86. The molecule has 200 valence electrons. The molecule has 0 aliphatic carbocycles. The molecule has 0 unspecified atom stereocenters. The van der Waals surface area contributed by atoms with Gasteiger partial charge in [0.15, 0.2) is 5.65 Å². The first-order chi connectivity index (χ1) is 17.5. The molecule has 3 aromatic rings. The van der Waals surface area contributed by atoms with Gasteiger partial charge in [-0.2, -0.15) is 15.1 Å². The summed E-state index contributed by atoms with van der Waals surface area (Å²) < 4.78 is 52.0. The molecule has 2 fully saturated rings. The highest BCUT2D eigenvalue weighted by atomic mass is 32.2. The van der Waals surface area contributed by atoms with Crippen LogP contribution in [0.3, 0.4) is 0 Å². The first-order valence-corrected chi connectivity index (χ1v) is 14.4. The number of sulfone groups is 1. The highest BCUT2D eigenvalue weighted by molar-refractivity contribution is 7.91. The van der Waals surface area contributed by atoms with Gasteiger partial charge in [-0.1, -0.05) is 12.1 Å². The fraction of sp³-hybridized carbons (Fsp3) is 0.560. The Morgan fingerprint density at radius 3 is 2.46 bits per heavy atom. The van der Waals surface area contributed by atoms with Crippen molar-refractivity contribution in [2.45, 2.75) is 57.6 Å². The normalized spacial score (nSPS) is 19.6. The number of fused-ring (bicyclic) bond motifs is 1. The van der Waals surface area contributed by atoms with E-state index < -0.39 is 21.9 Å². The number of alkyl halides is 2. The lowest BCUT2D eigenvalue weighted by Gasteiger charge is -2.38. The molecule has 0 amide bonds. The molecule has 2 saturated heterocycles. The molecular formula is C25H32F2N6O3S. The Kier molecular flexibility index (Phi) is 6.82. The molecule has 0 radical (unpaired) electrons. The lowest BCUT2D eigenvalue weighted by atomic mass is 9.83. The van der Waals surface area contributed by atoms with Crippen molar-refractivity contribution in [2.24, 2.45) is 5.92 Å². The van der Waals surface area contributed by atoms with Crippen LogP contribution >= 0.6 is 0 Å². The maximum Gasteiger partial charge on any atom is 0.263 e. The predicted octanol–water partition coefficient (Wildman–Crippen LogP) is 3.73. The predicted molar refractivity (Wildman–Crippen MR) is 138 cm³/mol. The van der Waals surface area contributed by atoms with Crippen molar-refractivity contribution >= 4 is 32.6 Å². The summed E-state index contributed by atoms with van der Waals surface area (Å²) in [7, 11) is -3.02. The summed E-state index contributed by atoms with van der Waals surface area (Å²) in [4.78, 5) is 11.7. The van der Waals surface area contributed by atoms with Gasteiger partial charge in [0.05, 0.1) is 34.4 Å².